The van der Waals surface area contributed by atoms with Gasteiger partial charge in [0.25, 0.3) is 0 Å². The summed E-state index contributed by atoms with van der Waals surface area (Å²) in [6.45, 7) is 7.15. The van der Waals surface area contributed by atoms with E-state index in [4.69, 9.17) is 0 Å². The monoisotopic (exact) mass is 243 g/mol. The average molecular weight is 243 g/mol. The van der Waals surface area contributed by atoms with Crippen LogP contribution in [0.15, 0.2) is 0 Å². The van der Waals surface area contributed by atoms with Crippen LogP contribution in [0.2, 0.25) is 0 Å². The van der Waals surface area contributed by atoms with Gasteiger partial charge in [-0.2, -0.15) is 11.8 Å². The Hall–Kier alpha value is 0.310. The Balaban J connectivity index is 2.36. The SMILES string of the molecule is CCC(CSC)NC1CCCC(C)(C)CC1. The Morgan fingerprint density at radius 1 is 1.31 bits per heavy atom. The number of hydrogen-bond acceptors (Lipinski definition) is 2. The Morgan fingerprint density at radius 2 is 2.06 bits per heavy atom. The lowest BCUT2D eigenvalue weighted by atomic mass is 9.85. The molecule has 2 atom stereocenters. The van der Waals surface area contributed by atoms with Gasteiger partial charge in [0.1, 0.15) is 0 Å². The second kappa shape index (κ2) is 6.90. The summed E-state index contributed by atoms with van der Waals surface area (Å²) in [4.78, 5) is 0. The molecule has 2 heteroatoms. The molecule has 0 amide bonds. The molecule has 0 saturated heterocycles. The summed E-state index contributed by atoms with van der Waals surface area (Å²) in [5, 5.41) is 3.86. The minimum absolute atomic E-state index is 0.581. The minimum Gasteiger partial charge on any atom is -0.310 e. The maximum absolute atomic E-state index is 3.86. The van der Waals surface area contributed by atoms with Crippen LogP contribution < -0.4 is 5.32 Å². The Bertz CT molecular complexity index is 191. The molecule has 1 fully saturated rings. The van der Waals surface area contributed by atoms with Crippen LogP contribution in [0.5, 0.6) is 0 Å². The number of hydrogen-bond donors (Lipinski definition) is 1. The zero-order valence-electron chi connectivity index (χ0n) is 11.5. The van der Waals surface area contributed by atoms with Crippen molar-refractivity contribution in [1.29, 1.82) is 0 Å². The summed E-state index contributed by atoms with van der Waals surface area (Å²) in [5.74, 6) is 1.26. The Kier molecular flexibility index (Phi) is 6.20. The van der Waals surface area contributed by atoms with Crippen LogP contribution in [0.1, 0.15) is 59.3 Å². The fourth-order valence-electron chi connectivity index (χ4n) is 2.65. The lowest BCUT2D eigenvalue weighted by Crippen LogP contribution is -2.39. The molecule has 16 heavy (non-hydrogen) atoms. The third-order valence-electron chi connectivity index (χ3n) is 3.91. The predicted octanol–water partition coefficient (Wildman–Crippen LogP) is 4.08. The zero-order valence-corrected chi connectivity index (χ0v) is 12.3. The van der Waals surface area contributed by atoms with Crippen molar-refractivity contribution in [2.24, 2.45) is 5.41 Å². The quantitative estimate of drug-likeness (QED) is 0.730. The standard InChI is InChI=1S/C14H29NS/c1-5-12(11-16-4)15-13-7-6-9-14(2,3)10-8-13/h12-13,15H,5-11H2,1-4H3. The number of nitrogens with one attached hydrogen (secondary N) is 1. The first-order valence-corrected chi connectivity index (χ1v) is 8.22. The molecule has 2 unspecified atom stereocenters. The maximum atomic E-state index is 3.86. The molecule has 1 aliphatic rings. The van der Waals surface area contributed by atoms with Gasteiger partial charge >= 0.3 is 0 Å². The third-order valence-corrected chi connectivity index (χ3v) is 4.64. The van der Waals surface area contributed by atoms with Gasteiger partial charge in [-0.05, 0) is 43.8 Å². The smallest absolute Gasteiger partial charge is 0.0158 e. The Labute approximate surface area is 106 Å². The van der Waals surface area contributed by atoms with E-state index in [0.29, 0.717) is 5.41 Å². The highest BCUT2D eigenvalue weighted by molar-refractivity contribution is 7.98. The molecule has 1 saturated carbocycles. The van der Waals surface area contributed by atoms with Gasteiger partial charge in [-0.1, -0.05) is 27.2 Å². The lowest BCUT2D eigenvalue weighted by molar-refractivity contribution is 0.307. The summed E-state index contributed by atoms with van der Waals surface area (Å²) in [5.41, 5.74) is 0.581. The van der Waals surface area contributed by atoms with Crippen molar-refractivity contribution < 1.29 is 0 Å². The average Bonchev–Trinajstić information content (AvgIpc) is 2.40. The largest absolute Gasteiger partial charge is 0.310 e. The molecule has 0 heterocycles. The molecular weight excluding hydrogens is 214 g/mol. The first-order valence-electron chi connectivity index (χ1n) is 6.82. The van der Waals surface area contributed by atoms with Crippen molar-refractivity contribution in [3.8, 4) is 0 Å². The maximum Gasteiger partial charge on any atom is 0.0158 e. The molecule has 0 spiro atoms. The highest BCUT2D eigenvalue weighted by atomic mass is 32.2. The van der Waals surface area contributed by atoms with Crippen molar-refractivity contribution in [1.82, 2.24) is 5.32 Å². The van der Waals surface area contributed by atoms with Crippen LogP contribution in [-0.2, 0) is 0 Å². The van der Waals surface area contributed by atoms with Crippen molar-refractivity contribution in [2.75, 3.05) is 12.0 Å². The van der Waals surface area contributed by atoms with Gasteiger partial charge in [-0.25, -0.2) is 0 Å². The first-order chi connectivity index (χ1) is 7.57. The van der Waals surface area contributed by atoms with E-state index in [9.17, 15) is 0 Å². The minimum atomic E-state index is 0.581. The van der Waals surface area contributed by atoms with Crippen molar-refractivity contribution in [3.05, 3.63) is 0 Å². The van der Waals surface area contributed by atoms with Crippen LogP contribution in [0.25, 0.3) is 0 Å². The highest BCUT2D eigenvalue weighted by Crippen LogP contribution is 2.33. The van der Waals surface area contributed by atoms with Crippen molar-refractivity contribution >= 4 is 11.8 Å². The van der Waals surface area contributed by atoms with Crippen LogP contribution in [0.4, 0.5) is 0 Å². The van der Waals surface area contributed by atoms with Gasteiger partial charge in [-0.3, -0.25) is 0 Å². The van der Waals surface area contributed by atoms with Crippen LogP contribution in [0, 0.1) is 5.41 Å². The molecule has 0 aliphatic heterocycles. The molecule has 1 nitrogen and oxygen atoms in total. The predicted molar refractivity (Wildman–Crippen MR) is 76.3 cm³/mol. The van der Waals surface area contributed by atoms with Gasteiger partial charge in [0.2, 0.25) is 0 Å². The number of thioether (sulfide) groups is 1. The zero-order chi connectivity index (χ0) is 12.0. The summed E-state index contributed by atoms with van der Waals surface area (Å²) >= 11 is 1.97. The van der Waals surface area contributed by atoms with E-state index in [-0.39, 0.29) is 0 Å². The second-order valence-corrected chi connectivity index (χ2v) is 6.93. The highest BCUT2D eigenvalue weighted by Gasteiger charge is 2.25. The van der Waals surface area contributed by atoms with Crippen LogP contribution in [0.3, 0.4) is 0 Å². The van der Waals surface area contributed by atoms with Gasteiger partial charge < -0.3 is 5.32 Å². The summed E-state index contributed by atoms with van der Waals surface area (Å²) in [6.07, 6.45) is 10.4. The first kappa shape index (κ1) is 14.4. The van der Waals surface area contributed by atoms with E-state index in [2.05, 4.69) is 32.3 Å². The Morgan fingerprint density at radius 3 is 2.69 bits per heavy atom. The van der Waals surface area contributed by atoms with E-state index in [1.54, 1.807) is 0 Å². The van der Waals surface area contributed by atoms with E-state index in [1.165, 1.54) is 44.3 Å². The lowest BCUT2D eigenvalue weighted by Gasteiger charge is -2.25. The van der Waals surface area contributed by atoms with Crippen molar-refractivity contribution in [3.63, 3.8) is 0 Å². The topological polar surface area (TPSA) is 12.0 Å². The molecule has 0 aromatic heterocycles. The molecule has 0 aromatic rings. The van der Waals surface area contributed by atoms with E-state index in [0.717, 1.165) is 12.1 Å². The molecule has 0 bridgehead atoms. The van der Waals surface area contributed by atoms with Crippen LogP contribution in [-0.4, -0.2) is 24.1 Å². The van der Waals surface area contributed by atoms with E-state index in [1.807, 2.05) is 11.8 Å². The molecule has 1 aliphatic carbocycles. The fraction of sp³-hybridized carbons (Fsp3) is 1.00. The van der Waals surface area contributed by atoms with Crippen molar-refractivity contribution in [2.45, 2.75) is 71.4 Å². The summed E-state index contributed by atoms with van der Waals surface area (Å²) in [6, 6.07) is 1.50. The molecule has 0 radical (unpaired) electrons. The van der Waals surface area contributed by atoms with Gasteiger partial charge in [0.05, 0.1) is 0 Å². The number of rotatable bonds is 5. The van der Waals surface area contributed by atoms with E-state index >= 15 is 0 Å². The summed E-state index contributed by atoms with van der Waals surface area (Å²) < 4.78 is 0. The second-order valence-electron chi connectivity index (χ2n) is 6.02. The molecule has 1 N–H and O–H groups in total. The molecular formula is C14H29NS. The van der Waals surface area contributed by atoms with Gasteiger partial charge in [-0.15, -0.1) is 0 Å². The molecule has 1 rings (SSSR count). The molecule has 0 aromatic carbocycles. The third kappa shape index (κ3) is 5.09. The fourth-order valence-corrected chi connectivity index (χ4v) is 3.38. The summed E-state index contributed by atoms with van der Waals surface area (Å²) in [7, 11) is 0. The van der Waals surface area contributed by atoms with Gasteiger partial charge in [0.15, 0.2) is 0 Å². The normalized spacial score (nSPS) is 27.4. The van der Waals surface area contributed by atoms with E-state index < -0.39 is 0 Å². The van der Waals surface area contributed by atoms with Gasteiger partial charge in [0, 0.05) is 17.8 Å². The van der Waals surface area contributed by atoms with Crippen LogP contribution >= 0.6 is 11.8 Å². The molecule has 96 valence electrons.